The maximum atomic E-state index is 12.5. The van der Waals surface area contributed by atoms with Crippen LogP contribution in [0, 0.1) is 17.3 Å². The number of Topliss-reactive ketones (excluding diaryl/α,β-unsaturated/α-hetero) is 1. The largest absolute Gasteiger partial charge is 0.411 e. The lowest BCUT2D eigenvalue weighted by atomic mass is 9.55. The Kier molecular flexibility index (Phi) is 4.31. The quantitative estimate of drug-likeness (QED) is 0.488. The van der Waals surface area contributed by atoms with Crippen LogP contribution >= 0.6 is 0 Å². The number of hydrogen-bond donors (Lipinski definition) is 0. The Bertz CT molecular complexity index is 1130. The van der Waals surface area contributed by atoms with Gasteiger partial charge in [0, 0.05) is 17.4 Å². The van der Waals surface area contributed by atoms with Crippen molar-refractivity contribution in [3.63, 3.8) is 0 Å². The van der Waals surface area contributed by atoms with Crippen LogP contribution in [0.4, 0.5) is 0 Å². The van der Waals surface area contributed by atoms with Gasteiger partial charge in [0.1, 0.15) is 11.5 Å². The number of carbonyl (C=O) groups excluding carboxylic acids is 1. The molecule has 0 saturated heterocycles. The summed E-state index contributed by atoms with van der Waals surface area (Å²) in [5.74, 6) is 3.76. The van der Waals surface area contributed by atoms with E-state index in [0.29, 0.717) is 29.3 Å². The molecule has 3 aliphatic rings. The summed E-state index contributed by atoms with van der Waals surface area (Å²) in [6.45, 7) is 2.23. The summed E-state index contributed by atoms with van der Waals surface area (Å²) in [5, 5.41) is 0. The first-order valence-corrected chi connectivity index (χ1v) is 11.5. The fourth-order valence-corrected chi connectivity index (χ4v) is 6.54. The molecule has 1 heterocycles. The normalized spacial score (nSPS) is 29.2. The van der Waals surface area contributed by atoms with Crippen molar-refractivity contribution in [3.8, 4) is 23.1 Å². The van der Waals surface area contributed by atoms with Gasteiger partial charge in [0.25, 0.3) is 0 Å². The van der Waals surface area contributed by atoms with Crippen molar-refractivity contribution in [3.05, 3.63) is 65.9 Å². The van der Waals surface area contributed by atoms with Crippen LogP contribution in [0.3, 0.4) is 0 Å². The summed E-state index contributed by atoms with van der Waals surface area (Å²) in [6.07, 6.45) is 8.22. The third-order valence-corrected chi connectivity index (χ3v) is 8.15. The van der Waals surface area contributed by atoms with Crippen LogP contribution in [0.5, 0.6) is 11.8 Å². The van der Waals surface area contributed by atoms with Gasteiger partial charge in [0.15, 0.2) is 5.76 Å². The lowest BCUT2D eigenvalue weighted by molar-refractivity contribution is -0.129. The van der Waals surface area contributed by atoms with Gasteiger partial charge in [-0.2, -0.15) is 4.98 Å². The van der Waals surface area contributed by atoms with E-state index in [1.807, 2.05) is 36.4 Å². The minimum absolute atomic E-state index is 0.0663. The molecular weight excluding hydrogens is 386 g/mol. The van der Waals surface area contributed by atoms with E-state index in [1.165, 1.54) is 17.5 Å². The van der Waals surface area contributed by atoms with Crippen molar-refractivity contribution in [2.45, 2.75) is 51.4 Å². The van der Waals surface area contributed by atoms with Crippen molar-refractivity contribution in [2.75, 3.05) is 0 Å². The highest BCUT2D eigenvalue weighted by molar-refractivity contribution is 5.87. The van der Waals surface area contributed by atoms with Crippen LogP contribution in [0.1, 0.15) is 56.1 Å². The minimum atomic E-state index is -0.0663. The molecule has 2 saturated carbocycles. The highest BCUT2D eigenvalue weighted by Crippen LogP contribution is 2.59. The van der Waals surface area contributed by atoms with Crippen molar-refractivity contribution >= 4 is 5.78 Å². The molecule has 6 rings (SSSR count). The Balaban J connectivity index is 1.23. The number of oxazole rings is 1. The van der Waals surface area contributed by atoms with E-state index >= 15 is 0 Å². The summed E-state index contributed by atoms with van der Waals surface area (Å²) < 4.78 is 11.8. The average Bonchev–Trinajstić information content (AvgIpc) is 3.38. The molecule has 158 valence electrons. The van der Waals surface area contributed by atoms with Crippen LogP contribution in [0.25, 0.3) is 11.3 Å². The van der Waals surface area contributed by atoms with Gasteiger partial charge in [0.05, 0.1) is 6.20 Å². The number of hydrogen-bond acceptors (Lipinski definition) is 4. The molecule has 0 N–H and O–H groups in total. The summed E-state index contributed by atoms with van der Waals surface area (Å²) in [7, 11) is 0. The Hall–Kier alpha value is -2.88. The second kappa shape index (κ2) is 7.08. The van der Waals surface area contributed by atoms with Crippen molar-refractivity contribution in [2.24, 2.45) is 17.3 Å². The molecule has 0 spiro atoms. The Morgan fingerprint density at radius 2 is 1.94 bits per heavy atom. The molecule has 2 aromatic carbocycles. The summed E-state index contributed by atoms with van der Waals surface area (Å²) >= 11 is 0. The van der Waals surface area contributed by atoms with E-state index in [9.17, 15) is 4.79 Å². The van der Waals surface area contributed by atoms with Gasteiger partial charge >= 0.3 is 6.08 Å². The standard InChI is InChI=1S/C27H27NO3/c1-27-14-13-21-20-10-8-19(15-18(20)7-9-22(21)23(27)11-12-25(27)29)30-26-28-16-24(31-26)17-5-3-2-4-6-17/h2-6,8,10,15-16,21-23H,7,9,11-14H2,1H3/t21-,22-,23+,27+/m1/s1. The van der Waals surface area contributed by atoms with Gasteiger partial charge in [-0.1, -0.05) is 43.3 Å². The topological polar surface area (TPSA) is 52.3 Å². The summed E-state index contributed by atoms with van der Waals surface area (Å²) in [5.41, 5.74) is 3.75. The molecular formula is C27H27NO3. The number of aryl methyl sites for hydroxylation is 1. The van der Waals surface area contributed by atoms with Crippen molar-refractivity contribution in [1.82, 2.24) is 4.98 Å². The fraction of sp³-hybridized carbons (Fsp3) is 0.407. The van der Waals surface area contributed by atoms with Crippen LogP contribution in [-0.4, -0.2) is 10.8 Å². The zero-order valence-corrected chi connectivity index (χ0v) is 17.8. The zero-order chi connectivity index (χ0) is 21.0. The molecule has 0 radical (unpaired) electrons. The number of fused-ring (bicyclic) bond motifs is 5. The third-order valence-electron chi connectivity index (χ3n) is 8.15. The number of benzene rings is 2. The Morgan fingerprint density at radius 3 is 2.81 bits per heavy atom. The lowest BCUT2D eigenvalue weighted by Crippen LogP contribution is -2.42. The maximum absolute atomic E-state index is 12.5. The van der Waals surface area contributed by atoms with Gasteiger partial charge in [0.2, 0.25) is 0 Å². The first-order valence-electron chi connectivity index (χ1n) is 11.5. The third kappa shape index (κ3) is 3.03. The van der Waals surface area contributed by atoms with E-state index in [-0.39, 0.29) is 11.5 Å². The number of ether oxygens (including phenoxy) is 1. The van der Waals surface area contributed by atoms with Gasteiger partial charge in [-0.05, 0) is 73.1 Å². The van der Waals surface area contributed by atoms with Gasteiger partial charge in [-0.25, -0.2) is 0 Å². The highest BCUT2D eigenvalue weighted by Gasteiger charge is 2.54. The molecule has 4 atom stereocenters. The van der Waals surface area contributed by atoms with E-state index < -0.39 is 0 Å². The number of carbonyl (C=O) groups is 1. The second-order valence-corrected chi connectivity index (χ2v) is 9.65. The molecule has 0 bridgehead atoms. The second-order valence-electron chi connectivity index (χ2n) is 9.65. The SMILES string of the molecule is C[C@]12CC[C@@H]3c4ccc(Oc5ncc(-c6ccccc6)o5)cc4CC[C@H]3[C@@H]1CCC2=O. The Labute approximate surface area is 182 Å². The predicted molar refractivity (Wildman–Crippen MR) is 118 cm³/mol. The monoisotopic (exact) mass is 413 g/mol. The number of aromatic nitrogens is 1. The van der Waals surface area contributed by atoms with E-state index in [1.54, 1.807) is 6.20 Å². The van der Waals surface area contributed by atoms with Crippen molar-refractivity contribution < 1.29 is 13.9 Å². The van der Waals surface area contributed by atoms with E-state index in [4.69, 9.17) is 9.15 Å². The van der Waals surface area contributed by atoms with Gasteiger partial charge < -0.3 is 9.15 Å². The predicted octanol–water partition coefficient (Wildman–Crippen LogP) is 6.56. The van der Waals surface area contributed by atoms with E-state index in [0.717, 1.165) is 43.4 Å². The number of nitrogens with zero attached hydrogens (tertiary/aromatic N) is 1. The van der Waals surface area contributed by atoms with Gasteiger partial charge in [-0.15, -0.1) is 0 Å². The molecule has 4 nitrogen and oxygen atoms in total. The number of ketones is 1. The molecule has 3 aliphatic carbocycles. The van der Waals surface area contributed by atoms with Crippen molar-refractivity contribution in [1.29, 1.82) is 0 Å². The summed E-state index contributed by atoms with van der Waals surface area (Å²) in [6, 6.07) is 16.4. The molecule has 0 amide bonds. The smallest absolute Gasteiger partial charge is 0.399 e. The molecule has 4 heteroatoms. The van der Waals surface area contributed by atoms with E-state index in [2.05, 4.69) is 24.0 Å². The van der Waals surface area contributed by atoms with Crippen LogP contribution in [0.2, 0.25) is 0 Å². The molecule has 1 aromatic heterocycles. The van der Waals surface area contributed by atoms with Crippen LogP contribution < -0.4 is 4.74 Å². The minimum Gasteiger partial charge on any atom is -0.411 e. The highest BCUT2D eigenvalue weighted by atomic mass is 16.6. The maximum Gasteiger partial charge on any atom is 0.399 e. The number of rotatable bonds is 3. The first-order chi connectivity index (χ1) is 15.1. The first kappa shape index (κ1) is 18.9. The van der Waals surface area contributed by atoms with Crippen LogP contribution in [0.15, 0.2) is 59.1 Å². The summed E-state index contributed by atoms with van der Waals surface area (Å²) in [4.78, 5) is 16.8. The van der Waals surface area contributed by atoms with Crippen LogP contribution in [-0.2, 0) is 11.2 Å². The average molecular weight is 414 g/mol. The van der Waals surface area contributed by atoms with Gasteiger partial charge in [-0.3, -0.25) is 4.79 Å². The lowest BCUT2D eigenvalue weighted by Gasteiger charge is -2.48. The molecule has 0 unspecified atom stereocenters. The molecule has 0 aliphatic heterocycles. The molecule has 31 heavy (non-hydrogen) atoms. The molecule has 3 aromatic rings. The molecule has 2 fully saturated rings. The zero-order valence-electron chi connectivity index (χ0n) is 17.8. The fourth-order valence-electron chi connectivity index (χ4n) is 6.54. The Morgan fingerprint density at radius 1 is 1.06 bits per heavy atom.